The molecule has 0 saturated heterocycles. The summed E-state index contributed by atoms with van der Waals surface area (Å²) in [5.41, 5.74) is 0.871. The van der Waals surface area contributed by atoms with Crippen LogP contribution in [-0.4, -0.2) is 12.6 Å². The summed E-state index contributed by atoms with van der Waals surface area (Å²) in [6, 6.07) is 11.1. The highest BCUT2D eigenvalue weighted by Gasteiger charge is 2.26. The number of benzene rings is 3. The van der Waals surface area contributed by atoms with Crippen LogP contribution in [0, 0.1) is 29.2 Å². The standard InChI is InChI=1S/C30H28F4O3/c1-3-5-18-6-8-19(9-7-18)22-14-15-23(27(32)26(22)31)20-10-12-21(13-11-20)30(35)37-25-17-16-24(36-4-2)28(33)29(25)34/h3,5,10-19H,4,6-9H2,1-2H3/b5-3+. The Bertz CT molecular complexity index is 1290. The molecule has 3 aromatic rings. The van der Waals surface area contributed by atoms with E-state index in [0.717, 1.165) is 31.7 Å². The Morgan fingerprint density at radius 3 is 2.14 bits per heavy atom. The summed E-state index contributed by atoms with van der Waals surface area (Å²) in [7, 11) is 0. The van der Waals surface area contributed by atoms with Gasteiger partial charge < -0.3 is 9.47 Å². The molecule has 3 nitrogen and oxygen atoms in total. The zero-order chi connectivity index (χ0) is 26.5. The molecule has 0 heterocycles. The van der Waals surface area contributed by atoms with Gasteiger partial charge in [-0.2, -0.15) is 8.78 Å². The number of rotatable bonds is 7. The van der Waals surface area contributed by atoms with Gasteiger partial charge in [-0.05, 0) is 86.8 Å². The molecule has 0 radical (unpaired) electrons. The fourth-order valence-corrected chi connectivity index (χ4v) is 4.80. The lowest BCUT2D eigenvalue weighted by atomic mass is 9.78. The zero-order valence-electron chi connectivity index (χ0n) is 20.7. The molecule has 0 bridgehead atoms. The molecule has 1 aliphatic rings. The zero-order valence-corrected chi connectivity index (χ0v) is 20.7. The summed E-state index contributed by atoms with van der Waals surface area (Å²) >= 11 is 0. The van der Waals surface area contributed by atoms with E-state index in [1.165, 1.54) is 30.3 Å². The summed E-state index contributed by atoms with van der Waals surface area (Å²) in [4.78, 5) is 12.5. The van der Waals surface area contributed by atoms with E-state index in [4.69, 9.17) is 9.47 Å². The van der Waals surface area contributed by atoms with Gasteiger partial charge in [0.2, 0.25) is 11.6 Å². The average molecular weight is 513 g/mol. The maximum absolute atomic E-state index is 15.1. The summed E-state index contributed by atoms with van der Waals surface area (Å²) in [5, 5.41) is 0. The van der Waals surface area contributed by atoms with Gasteiger partial charge in [0.1, 0.15) is 0 Å². The second kappa shape index (κ2) is 11.6. The van der Waals surface area contributed by atoms with Gasteiger partial charge in [0, 0.05) is 5.56 Å². The molecule has 194 valence electrons. The van der Waals surface area contributed by atoms with Crippen molar-refractivity contribution >= 4 is 5.97 Å². The largest absolute Gasteiger partial charge is 0.491 e. The Labute approximate surface area is 213 Å². The van der Waals surface area contributed by atoms with Crippen molar-refractivity contribution in [2.24, 2.45) is 5.92 Å². The molecule has 0 aromatic heterocycles. The van der Waals surface area contributed by atoms with Crippen molar-refractivity contribution in [2.45, 2.75) is 45.4 Å². The van der Waals surface area contributed by atoms with Crippen LogP contribution in [0.2, 0.25) is 0 Å². The van der Waals surface area contributed by atoms with Crippen molar-refractivity contribution in [3.05, 3.63) is 95.1 Å². The number of halogens is 4. The number of carbonyl (C=O) groups excluding carboxylic acids is 1. The molecule has 7 heteroatoms. The van der Waals surface area contributed by atoms with Gasteiger partial charge in [0.15, 0.2) is 23.1 Å². The highest BCUT2D eigenvalue weighted by molar-refractivity contribution is 5.91. The summed E-state index contributed by atoms with van der Waals surface area (Å²) in [6.45, 7) is 3.76. The van der Waals surface area contributed by atoms with E-state index in [1.807, 2.05) is 13.0 Å². The summed E-state index contributed by atoms with van der Waals surface area (Å²) in [5.74, 6) is -5.70. The van der Waals surface area contributed by atoms with Gasteiger partial charge in [0.25, 0.3) is 0 Å². The lowest BCUT2D eigenvalue weighted by Crippen LogP contribution is -2.13. The minimum Gasteiger partial charge on any atom is -0.491 e. The first kappa shape index (κ1) is 26.5. The first-order valence-electron chi connectivity index (χ1n) is 12.4. The number of allylic oxidation sites excluding steroid dienone is 2. The fraction of sp³-hybridized carbons (Fsp3) is 0.300. The van der Waals surface area contributed by atoms with Gasteiger partial charge in [-0.25, -0.2) is 13.6 Å². The molecule has 0 amide bonds. The van der Waals surface area contributed by atoms with E-state index in [9.17, 15) is 13.6 Å². The molecule has 0 N–H and O–H groups in total. The molecule has 1 aliphatic carbocycles. The first-order chi connectivity index (χ1) is 17.8. The molecular weight excluding hydrogens is 484 g/mol. The molecule has 1 fully saturated rings. The van der Waals surface area contributed by atoms with Crippen LogP contribution in [0.15, 0.2) is 60.7 Å². The third kappa shape index (κ3) is 5.71. The monoisotopic (exact) mass is 512 g/mol. The second-order valence-corrected chi connectivity index (χ2v) is 9.06. The number of hydrogen-bond donors (Lipinski definition) is 0. The van der Waals surface area contributed by atoms with Gasteiger partial charge in [0.05, 0.1) is 12.2 Å². The van der Waals surface area contributed by atoms with Crippen LogP contribution in [0.4, 0.5) is 17.6 Å². The van der Waals surface area contributed by atoms with Gasteiger partial charge in [-0.3, -0.25) is 0 Å². The van der Waals surface area contributed by atoms with Crippen molar-refractivity contribution in [3.63, 3.8) is 0 Å². The Balaban J connectivity index is 1.48. The number of esters is 1. The second-order valence-electron chi connectivity index (χ2n) is 9.06. The van der Waals surface area contributed by atoms with E-state index in [1.54, 1.807) is 19.1 Å². The number of ether oxygens (including phenoxy) is 2. The lowest BCUT2D eigenvalue weighted by Gasteiger charge is -2.27. The molecule has 0 atom stereocenters. The minimum absolute atomic E-state index is 0.0185. The normalized spacial score (nSPS) is 17.7. The lowest BCUT2D eigenvalue weighted by molar-refractivity contribution is 0.0726. The number of hydrogen-bond acceptors (Lipinski definition) is 3. The maximum Gasteiger partial charge on any atom is 0.343 e. The Hall–Kier alpha value is -3.61. The van der Waals surface area contributed by atoms with Crippen LogP contribution in [0.3, 0.4) is 0 Å². The van der Waals surface area contributed by atoms with Crippen molar-refractivity contribution in [1.82, 2.24) is 0 Å². The molecule has 0 unspecified atom stereocenters. The van der Waals surface area contributed by atoms with Crippen LogP contribution in [0.25, 0.3) is 11.1 Å². The number of carbonyl (C=O) groups is 1. The molecule has 1 saturated carbocycles. The SMILES string of the molecule is C/C=C/C1CCC(c2ccc(-c3ccc(C(=O)Oc4ccc(OCC)c(F)c4F)cc3)c(F)c2F)CC1. The van der Waals surface area contributed by atoms with Crippen molar-refractivity contribution < 1.29 is 31.8 Å². The molecule has 3 aromatic carbocycles. The van der Waals surface area contributed by atoms with Crippen LogP contribution in [-0.2, 0) is 0 Å². The van der Waals surface area contributed by atoms with Crippen LogP contribution in [0.1, 0.15) is 61.4 Å². The molecule has 0 spiro atoms. The van der Waals surface area contributed by atoms with Crippen LogP contribution >= 0.6 is 0 Å². The highest BCUT2D eigenvalue weighted by atomic mass is 19.2. The Morgan fingerprint density at radius 1 is 0.838 bits per heavy atom. The minimum atomic E-state index is -1.34. The third-order valence-electron chi connectivity index (χ3n) is 6.73. The van der Waals surface area contributed by atoms with E-state index >= 15 is 8.78 Å². The van der Waals surface area contributed by atoms with Crippen LogP contribution < -0.4 is 9.47 Å². The van der Waals surface area contributed by atoms with Crippen LogP contribution in [0.5, 0.6) is 11.5 Å². The van der Waals surface area contributed by atoms with Crippen molar-refractivity contribution in [3.8, 4) is 22.6 Å². The van der Waals surface area contributed by atoms with Gasteiger partial charge in [-0.1, -0.05) is 36.4 Å². The topological polar surface area (TPSA) is 35.5 Å². The molecule has 37 heavy (non-hydrogen) atoms. The van der Waals surface area contributed by atoms with Gasteiger partial charge in [-0.15, -0.1) is 0 Å². The third-order valence-corrected chi connectivity index (χ3v) is 6.73. The Kier molecular flexibility index (Phi) is 8.31. The molecule has 0 aliphatic heterocycles. The van der Waals surface area contributed by atoms with E-state index in [-0.39, 0.29) is 29.4 Å². The average Bonchev–Trinajstić information content (AvgIpc) is 2.91. The maximum atomic E-state index is 15.1. The first-order valence-corrected chi connectivity index (χ1v) is 12.4. The predicted octanol–water partition coefficient (Wildman–Crippen LogP) is 8.38. The van der Waals surface area contributed by atoms with E-state index in [2.05, 4.69) is 6.08 Å². The summed E-state index contributed by atoms with van der Waals surface area (Å²) < 4.78 is 68.3. The van der Waals surface area contributed by atoms with Crippen molar-refractivity contribution in [1.29, 1.82) is 0 Å². The fourth-order valence-electron chi connectivity index (χ4n) is 4.80. The van der Waals surface area contributed by atoms with Gasteiger partial charge >= 0.3 is 5.97 Å². The predicted molar refractivity (Wildman–Crippen MR) is 134 cm³/mol. The smallest absolute Gasteiger partial charge is 0.343 e. The highest BCUT2D eigenvalue weighted by Crippen LogP contribution is 2.39. The van der Waals surface area contributed by atoms with E-state index < -0.39 is 35.0 Å². The molecular formula is C30H28F4O3. The summed E-state index contributed by atoms with van der Waals surface area (Å²) in [6.07, 6.45) is 7.71. The molecule has 4 rings (SSSR count). The van der Waals surface area contributed by atoms with Crippen molar-refractivity contribution in [2.75, 3.05) is 6.61 Å². The van der Waals surface area contributed by atoms with E-state index in [0.29, 0.717) is 17.0 Å². The Morgan fingerprint density at radius 2 is 1.49 bits per heavy atom. The quantitative estimate of drug-likeness (QED) is 0.138.